The van der Waals surface area contributed by atoms with E-state index in [4.69, 9.17) is 9.47 Å². The minimum absolute atomic E-state index is 0.0546. The van der Waals surface area contributed by atoms with Crippen LogP contribution in [-0.2, 0) is 20.9 Å². The molecule has 28 heavy (non-hydrogen) atoms. The maximum Gasteiger partial charge on any atom is 0.413 e. The monoisotopic (exact) mass is 392 g/mol. The molecule has 0 saturated heterocycles. The zero-order valence-corrected chi connectivity index (χ0v) is 14.8. The molecule has 0 aliphatic rings. The van der Waals surface area contributed by atoms with Gasteiger partial charge < -0.3 is 19.5 Å². The Kier molecular flexibility index (Phi) is 7.40. The van der Waals surface area contributed by atoms with Crippen LogP contribution >= 0.6 is 0 Å². The molecular weight excluding hydrogens is 375 g/mol. The number of benzene rings is 2. The molecular formula is C18H17FN2O7. The Morgan fingerprint density at radius 3 is 2.36 bits per heavy atom. The first-order chi connectivity index (χ1) is 13.4. The molecule has 0 aliphatic carbocycles. The number of nitro benzene ring substituents is 1. The topological polar surface area (TPSA) is 117 Å². The van der Waals surface area contributed by atoms with Crippen LogP contribution < -0.4 is 10.1 Å². The lowest BCUT2D eigenvalue weighted by Gasteiger charge is -2.16. The summed E-state index contributed by atoms with van der Waals surface area (Å²) in [6.07, 6.45) is -0.963. The smallest absolute Gasteiger partial charge is 0.413 e. The van der Waals surface area contributed by atoms with Gasteiger partial charge in [-0.1, -0.05) is 12.1 Å². The highest BCUT2D eigenvalue weighted by molar-refractivity contribution is 5.82. The zero-order chi connectivity index (χ0) is 20.5. The molecule has 0 radical (unpaired) electrons. The van der Waals surface area contributed by atoms with Crippen LogP contribution in [0.3, 0.4) is 0 Å². The number of nitrogens with one attached hydrogen (secondary N) is 1. The van der Waals surface area contributed by atoms with Crippen molar-refractivity contribution in [2.75, 3.05) is 13.7 Å². The fraction of sp³-hybridized carbons (Fsp3) is 0.222. The van der Waals surface area contributed by atoms with Gasteiger partial charge >= 0.3 is 12.1 Å². The van der Waals surface area contributed by atoms with E-state index in [0.717, 1.165) is 7.11 Å². The quantitative estimate of drug-likeness (QED) is 0.417. The molecule has 0 heterocycles. The maximum absolute atomic E-state index is 12.9. The molecule has 0 bridgehead atoms. The van der Waals surface area contributed by atoms with Gasteiger partial charge in [-0.25, -0.2) is 14.0 Å². The van der Waals surface area contributed by atoms with E-state index in [1.807, 2.05) is 0 Å². The van der Waals surface area contributed by atoms with E-state index >= 15 is 0 Å². The molecule has 0 fully saturated rings. The molecule has 2 aromatic rings. The summed E-state index contributed by atoms with van der Waals surface area (Å²) in [7, 11) is 1.15. The first-order valence-electron chi connectivity index (χ1n) is 8.02. The number of rotatable bonds is 8. The van der Waals surface area contributed by atoms with E-state index in [1.54, 1.807) is 0 Å². The van der Waals surface area contributed by atoms with Gasteiger partial charge in [0.2, 0.25) is 0 Å². The minimum atomic E-state index is -1.14. The third kappa shape index (κ3) is 6.32. The summed E-state index contributed by atoms with van der Waals surface area (Å²) >= 11 is 0. The highest BCUT2D eigenvalue weighted by Gasteiger charge is 2.23. The van der Waals surface area contributed by atoms with Gasteiger partial charge in [0.15, 0.2) is 6.04 Å². The van der Waals surface area contributed by atoms with Crippen LogP contribution in [0.15, 0.2) is 48.5 Å². The molecule has 10 heteroatoms. The molecule has 9 nitrogen and oxygen atoms in total. The van der Waals surface area contributed by atoms with Crippen molar-refractivity contribution < 1.29 is 33.1 Å². The summed E-state index contributed by atoms with van der Waals surface area (Å²) in [5.74, 6) is -1.08. The fourth-order valence-corrected chi connectivity index (χ4v) is 2.10. The van der Waals surface area contributed by atoms with Gasteiger partial charge in [-0.05, 0) is 29.8 Å². The Balaban J connectivity index is 1.89. The van der Waals surface area contributed by atoms with Crippen LogP contribution in [0.2, 0.25) is 0 Å². The Bertz CT molecular complexity index is 825. The average molecular weight is 392 g/mol. The second-order valence-electron chi connectivity index (χ2n) is 5.50. The molecule has 0 spiro atoms. The van der Waals surface area contributed by atoms with E-state index in [9.17, 15) is 24.1 Å². The second-order valence-corrected chi connectivity index (χ2v) is 5.50. The number of methoxy groups -OCH3 is 1. The standard InChI is InChI=1S/C18H17FN2O7/c1-26-17(22)16(11-27-10-12-2-4-13(19)5-3-12)20-18(23)28-15-8-6-14(7-9-15)21(24)25/h2-9,16H,10-11H2,1H3,(H,20,23)/t16-/m0/s1. The van der Waals surface area contributed by atoms with Gasteiger partial charge in [0.25, 0.3) is 5.69 Å². The van der Waals surface area contributed by atoms with Crippen LogP contribution in [0, 0.1) is 15.9 Å². The lowest BCUT2D eigenvalue weighted by molar-refractivity contribution is -0.384. The lowest BCUT2D eigenvalue weighted by Crippen LogP contribution is -2.45. The largest absolute Gasteiger partial charge is 0.467 e. The zero-order valence-electron chi connectivity index (χ0n) is 14.8. The van der Waals surface area contributed by atoms with E-state index < -0.39 is 23.0 Å². The normalized spacial score (nSPS) is 11.4. The first kappa shape index (κ1) is 20.8. The Hall–Kier alpha value is -3.53. The lowest BCUT2D eigenvalue weighted by atomic mass is 10.2. The summed E-state index contributed by atoms with van der Waals surface area (Å²) < 4.78 is 27.8. The van der Waals surface area contributed by atoms with Gasteiger partial charge in [0.05, 0.1) is 25.2 Å². The average Bonchev–Trinajstić information content (AvgIpc) is 2.68. The van der Waals surface area contributed by atoms with Crippen molar-refractivity contribution in [2.24, 2.45) is 0 Å². The molecule has 0 unspecified atom stereocenters. The fourth-order valence-electron chi connectivity index (χ4n) is 2.10. The first-order valence-corrected chi connectivity index (χ1v) is 8.02. The predicted molar refractivity (Wildman–Crippen MR) is 94.1 cm³/mol. The summed E-state index contributed by atoms with van der Waals surface area (Å²) in [5, 5.41) is 12.9. The number of amides is 1. The van der Waals surface area contributed by atoms with Crippen LogP contribution in [0.25, 0.3) is 0 Å². The molecule has 2 rings (SSSR count). The Morgan fingerprint density at radius 1 is 1.14 bits per heavy atom. The third-order valence-corrected chi connectivity index (χ3v) is 3.50. The molecule has 1 atom stereocenters. The van der Waals surface area contributed by atoms with Crippen LogP contribution in [0.4, 0.5) is 14.9 Å². The van der Waals surface area contributed by atoms with E-state index in [1.165, 1.54) is 48.5 Å². The number of halogens is 1. The summed E-state index contributed by atoms with van der Waals surface area (Å²) in [6.45, 7) is -0.119. The van der Waals surface area contributed by atoms with Crippen molar-refractivity contribution in [1.29, 1.82) is 0 Å². The van der Waals surface area contributed by atoms with Gasteiger partial charge in [0.1, 0.15) is 11.6 Å². The number of non-ortho nitro benzene ring substituents is 1. The summed E-state index contributed by atoms with van der Waals surface area (Å²) in [5.41, 5.74) is 0.521. The SMILES string of the molecule is COC(=O)[C@H](COCc1ccc(F)cc1)NC(=O)Oc1ccc([N+](=O)[O-])cc1. The van der Waals surface area contributed by atoms with Crippen molar-refractivity contribution in [3.63, 3.8) is 0 Å². The van der Waals surface area contributed by atoms with E-state index in [2.05, 4.69) is 10.1 Å². The summed E-state index contributed by atoms with van der Waals surface area (Å²) in [6, 6.07) is 9.30. The maximum atomic E-state index is 12.9. The molecule has 0 aliphatic heterocycles. The molecule has 0 saturated carbocycles. The number of carbonyl (C=O) groups is 2. The van der Waals surface area contributed by atoms with Crippen LogP contribution in [0.1, 0.15) is 5.56 Å². The van der Waals surface area contributed by atoms with Crippen molar-refractivity contribution in [2.45, 2.75) is 12.6 Å². The van der Waals surface area contributed by atoms with Gasteiger partial charge in [0, 0.05) is 12.1 Å². The Morgan fingerprint density at radius 2 is 1.79 bits per heavy atom. The van der Waals surface area contributed by atoms with Gasteiger partial charge in [-0.15, -0.1) is 0 Å². The van der Waals surface area contributed by atoms with Crippen LogP contribution in [0.5, 0.6) is 5.75 Å². The van der Waals surface area contributed by atoms with Gasteiger partial charge in [-0.3, -0.25) is 10.1 Å². The second kappa shape index (κ2) is 9.97. The number of nitrogens with zero attached hydrogens (tertiary/aromatic N) is 1. The number of hydrogen-bond acceptors (Lipinski definition) is 7. The molecule has 0 aromatic heterocycles. The van der Waals surface area contributed by atoms with E-state index in [-0.39, 0.29) is 30.5 Å². The third-order valence-electron chi connectivity index (χ3n) is 3.50. The highest BCUT2D eigenvalue weighted by Crippen LogP contribution is 2.17. The van der Waals surface area contributed by atoms with Crippen LogP contribution in [-0.4, -0.2) is 36.7 Å². The number of carbonyl (C=O) groups excluding carboxylic acids is 2. The van der Waals surface area contributed by atoms with Crippen molar-refractivity contribution in [3.05, 3.63) is 70.0 Å². The van der Waals surface area contributed by atoms with E-state index in [0.29, 0.717) is 5.56 Å². The van der Waals surface area contributed by atoms with Gasteiger partial charge in [-0.2, -0.15) is 0 Å². The molecule has 1 amide bonds. The predicted octanol–water partition coefficient (Wildman–Crippen LogP) is 2.58. The number of ether oxygens (including phenoxy) is 3. The van der Waals surface area contributed by atoms with Crippen molar-refractivity contribution in [3.8, 4) is 5.75 Å². The highest BCUT2D eigenvalue weighted by atomic mass is 19.1. The molecule has 148 valence electrons. The number of hydrogen-bond donors (Lipinski definition) is 1. The number of nitro groups is 1. The minimum Gasteiger partial charge on any atom is -0.467 e. The molecule has 1 N–H and O–H groups in total. The molecule has 2 aromatic carbocycles. The Labute approximate surface area is 159 Å². The summed E-state index contributed by atoms with van der Waals surface area (Å²) in [4.78, 5) is 33.8. The number of esters is 1. The van der Waals surface area contributed by atoms with Crippen molar-refractivity contribution >= 4 is 17.7 Å². The van der Waals surface area contributed by atoms with Crippen molar-refractivity contribution in [1.82, 2.24) is 5.32 Å².